The second-order valence-corrected chi connectivity index (χ2v) is 6.78. The van der Waals surface area contributed by atoms with Gasteiger partial charge in [-0.2, -0.15) is 23.5 Å². The van der Waals surface area contributed by atoms with E-state index < -0.39 is 0 Å². The molecular weight excluding hydrogens is 238 g/mol. The van der Waals surface area contributed by atoms with Gasteiger partial charge in [0.25, 0.3) is 0 Å². The van der Waals surface area contributed by atoms with Gasteiger partial charge < -0.3 is 10.4 Å². The Morgan fingerprint density at radius 2 is 1.81 bits per heavy atom. The lowest BCUT2D eigenvalue weighted by Gasteiger charge is -2.14. The van der Waals surface area contributed by atoms with E-state index in [2.05, 4.69) is 26.1 Å². The largest absolute Gasteiger partial charge is 0.396 e. The zero-order valence-electron chi connectivity index (χ0n) is 10.9. The molecule has 4 heteroatoms. The summed E-state index contributed by atoms with van der Waals surface area (Å²) < 4.78 is 0. The van der Waals surface area contributed by atoms with Crippen molar-refractivity contribution in [1.82, 2.24) is 5.32 Å². The minimum atomic E-state index is 0.322. The molecule has 0 saturated carbocycles. The third kappa shape index (κ3) is 12.7. The van der Waals surface area contributed by atoms with Crippen molar-refractivity contribution in [3.63, 3.8) is 0 Å². The predicted octanol–water partition coefficient (Wildman–Crippen LogP) is 2.47. The van der Waals surface area contributed by atoms with Gasteiger partial charge in [-0.25, -0.2) is 0 Å². The minimum absolute atomic E-state index is 0.322. The van der Waals surface area contributed by atoms with Gasteiger partial charge in [-0.3, -0.25) is 0 Å². The molecule has 2 N–H and O–H groups in total. The van der Waals surface area contributed by atoms with Gasteiger partial charge in [0, 0.05) is 30.7 Å². The first-order valence-corrected chi connectivity index (χ1v) is 8.47. The molecule has 0 fully saturated rings. The van der Waals surface area contributed by atoms with Crippen molar-refractivity contribution < 1.29 is 5.11 Å². The first kappa shape index (κ1) is 16.6. The molecular formula is C12H27NOS2. The van der Waals surface area contributed by atoms with Crippen LogP contribution in [0, 0.1) is 5.92 Å². The average molecular weight is 265 g/mol. The number of hydrogen-bond donors (Lipinski definition) is 2. The third-order valence-corrected chi connectivity index (χ3v) is 4.71. The van der Waals surface area contributed by atoms with Crippen molar-refractivity contribution in [3.05, 3.63) is 0 Å². The molecule has 0 aliphatic carbocycles. The van der Waals surface area contributed by atoms with Crippen LogP contribution in [0.25, 0.3) is 0 Å². The monoisotopic (exact) mass is 265 g/mol. The molecule has 2 nitrogen and oxygen atoms in total. The van der Waals surface area contributed by atoms with E-state index in [4.69, 9.17) is 5.11 Å². The molecule has 0 heterocycles. The predicted molar refractivity (Wildman–Crippen MR) is 78.7 cm³/mol. The zero-order chi connectivity index (χ0) is 12.2. The number of hydrogen-bond acceptors (Lipinski definition) is 4. The fourth-order valence-electron chi connectivity index (χ4n) is 1.19. The highest BCUT2D eigenvalue weighted by Crippen LogP contribution is 2.08. The van der Waals surface area contributed by atoms with Crippen LogP contribution in [0.5, 0.6) is 0 Å². The van der Waals surface area contributed by atoms with E-state index in [1.807, 2.05) is 23.5 Å². The summed E-state index contributed by atoms with van der Waals surface area (Å²) in [6.07, 6.45) is 0.921. The highest BCUT2D eigenvalue weighted by molar-refractivity contribution is 7.99. The van der Waals surface area contributed by atoms with Gasteiger partial charge >= 0.3 is 0 Å². The van der Waals surface area contributed by atoms with E-state index in [1.165, 1.54) is 11.5 Å². The van der Waals surface area contributed by atoms with Crippen LogP contribution in [0.3, 0.4) is 0 Å². The molecule has 0 amide bonds. The molecule has 0 aromatic rings. The summed E-state index contributed by atoms with van der Waals surface area (Å²) in [4.78, 5) is 0. The molecule has 0 aliphatic heterocycles. The summed E-state index contributed by atoms with van der Waals surface area (Å²) in [7, 11) is 0. The number of rotatable bonds is 11. The Hall–Kier alpha value is 0.620. The summed E-state index contributed by atoms with van der Waals surface area (Å²) in [6, 6.07) is 0.613. The van der Waals surface area contributed by atoms with E-state index >= 15 is 0 Å². The maximum absolute atomic E-state index is 8.62. The molecule has 0 bridgehead atoms. The first-order valence-electron chi connectivity index (χ1n) is 6.16. The van der Waals surface area contributed by atoms with Crippen LogP contribution in [-0.2, 0) is 0 Å². The molecule has 0 aromatic heterocycles. The quantitative estimate of drug-likeness (QED) is 0.562. The number of aliphatic hydroxyl groups is 1. The SMILES string of the molecule is CC(C)CSCC(C)NCCSCCCO. The third-order valence-electron chi connectivity index (χ3n) is 2.01. The van der Waals surface area contributed by atoms with Gasteiger partial charge in [0.2, 0.25) is 0 Å². The number of aliphatic hydroxyl groups excluding tert-OH is 1. The van der Waals surface area contributed by atoms with Crippen molar-refractivity contribution >= 4 is 23.5 Å². The molecule has 0 aromatic carbocycles. The van der Waals surface area contributed by atoms with Crippen LogP contribution >= 0.6 is 23.5 Å². The Labute approximate surface area is 109 Å². The van der Waals surface area contributed by atoms with Crippen molar-refractivity contribution in [2.45, 2.75) is 33.2 Å². The van der Waals surface area contributed by atoms with Crippen molar-refractivity contribution in [2.75, 3.05) is 36.2 Å². The molecule has 16 heavy (non-hydrogen) atoms. The van der Waals surface area contributed by atoms with Crippen LogP contribution in [0.1, 0.15) is 27.2 Å². The van der Waals surface area contributed by atoms with Crippen molar-refractivity contribution in [1.29, 1.82) is 0 Å². The summed E-state index contributed by atoms with van der Waals surface area (Å²) >= 11 is 3.96. The maximum atomic E-state index is 8.62. The van der Waals surface area contributed by atoms with Crippen molar-refractivity contribution in [2.24, 2.45) is 5.92 Å². The Balaban J connectivity index is 3.14. The zero-order valence-corrected chi connectivity index (χ0v) is 12.5. The standard InChI is InChI=1S/C12H27NOS2/c1-11(2)9-16-10-12(3)13-5-8-15-7-4-6-14/h11-14H,4-10H2,1-3H3. The van der Waals surface area contributed by atoms with Gasteiger partial charge in [0.15, 0.2) is 0 Å². The van der Waals surface area contributed by atoms with Crippen LogP contribution in [0.4, 0.5) is 0 Å². The van der Waals surface area contributed by atoms with Crippen LogP contribution in [-0.4, -0.2) is 47.3 Å². The lowest BCUT2D eigenvalue weighted by Crippen LogP contribution is -2.30. The molecule has 98 valence electrons. The second kappa shape index (κ2) is 12.1. The van der Waals surface area contributed by atoms with E-state index in [1.54, 1.807) is 0 Å². The normalized spacial score (nSPS) is 13.3. The molecule has 0 saturated heterocycles. The highest BCUT2D eigenvalue weighted by Gasteiger charge is 2.02. The lowest BCUT2D eigenvalue weighted by atomic mass is 10.3. The Morgan fingerprint density at radius 1 is 1.06 bits per heavy atom. The smallest absolute Gasteiger partial charge is 0.0438 e. The van der Waals surface area contributed by atoms with Crippen LogP contribution in [0.15, 0.2) is 0 Å². The van der Waals surface area contributed by atoms with Crippen LogP contribution in [0.2, 0.25) is 0 Å². The van der Waals surface area contributed by atoms with Gasteiger partial charge in [0.1, 0.15) is 0 Å². The topological polar surface area (TPSA) is 32.3 Å². The lowest BCUT2D eigenvalue weighted by molar-refractivity contribution is 0.296. The van der Waals surface area contributed by atoms with Gasteiger partial charge in [-0.05, 0) is 30.8 Å². The molecule has 0 spiro atoms. The number of thioether (sulfide) groups is 2. The first-order chi connectivity index (χ1) is 7.66. The summed E-state index contributed by atoms with van der Waals surface area (Å²) in [5, 5.41) is 12.2. The Kier molecular flexibility index (Phi) is 12.6. The van der Waals surface area contributed by atoms with E-state index in [-0.39, 0.29) is 0 Å². The fourth-order valence-corrected chi connectivity index (χ4v) is 3.06. The molecule has 1 unspecified atom stereocenters. The summed E-state index contributed by atoms with van der Waals surface area (Å²) in [5.74, 6) is 5.50. The molecule has 1 atom stereocenters. The summed E-state index contributed by atoms with van der Waals surface area (Å²) in [5.41, 5.74) is 0. The number of nitrogens with one attached hydrogen (secondary N) is 1. The Bertz CT molecular complexity index is 145. The average Bonchev–Trinajstić information content (AvgIpc) is 2.22. The Morgan fingerprint density at radius 3 is 2.44 bits per heavy atom. The van der Waals surface area contributed by atoms with E-state index in [9.17, 15) is 0 Å². The second-order valence-electron chi connectivity index (χ2n) is 4.48. The fraction of sp³-hybridized carbons (Fsp3) is 1.00. The highest BCUT2D eigenvalue weighted by atomic mass is 32.2. The van der Waals surface area contributed by atoms with E-state index in [0.29, 0.717) is 12.6 Å². The van der Waals surface area contributed by atoms with Gasteiger partial charge in [-0.1, -0.05) is 13.8 Å². The van der Waals surface area contributed by atoms with Gasteiger partial charge in [0.05, 0.1) is 0 Å². The van der Waals surface area contributed by atoms with Crippen LogP contribution < -0.4 is 5.32 Å². The molecule has 0 aliphatic rings. The van der Waals surface area contributed by atoms with Crippen molar-refractivity contribution in [3.8, 4) is 0 Å². The molecule has 0 rings (SSSR count). The van der Waals surface area contributed by atoms with Gasteiger partial charge in [-0.15, -0.1) is 0 Å². The molecule has 0 radical (unpaired) electrons. The summed E-state index contributed by atoms with van der Waals surface area (Å²) in [6.45, 7) is 8.19. The maximum Gasteiger partial charge on any atom is 0.0438 e. The minimum Gasteiger partial charge on any atom is -0.396 e. The van der Waals surface area contributed by atoms with E-state index in [0.717, 1.165) is 30.4 Å².